The molecular weight excluding hydrogens is 501 g/mol. The van der Waals surface area contributed by atoms with E-state index in [0.717, 1.165) is 5.42 Å². The normalized spacial score (nSPS) is 19.4. The van der Waals surface area contributed by atoms with Crippen molar-refractivity contribution in [3.05, 3.63) is 0 Å². The molecule has 0 aromatic carbocycles. The summed E-state index contributed by atoms with van der Waals surface area (Å²) in [5, 5.41) is 21.4. The Morgan fingerprint density at radius 3 is 1.57 bits per heavy atom. The topological polar surface area (TPSA) is 145 Å². The summed E-state index contributed by atoms with van der Waals surface area (Å²) in [6, 6.07) is 0. The van der Waals surface area contributed by atoms with E-state index in [1.807, 2.05) is 0 Å². The van der Waals surface area contributed by atoms with Gasteiger partial charge < -0.3 is 0 Å². The van der Waals surface area contributed by atoms with Gasteiger partial charge in [0, 0.05) is 0 Å². The third kappa shape index (κ3) is 4.38. The molecule has 1 spiro atoms. The van der Waals surface area contributed by atoms with Crippen molar-refractivity contribution in [1.29, 1.82) is 0 Å². The van der Waals surface area contributed by atoms with E-state index in [2.05, 4.69) is 6.25 Å². The minimum atomic E-state index is -4.38. The molecule has 0 radical (unpaired) electrons. The molecule has 0 aliphatic carbocycles. The zero-order chi connectivity index (χ0) is 14.2. The molecule has 21 heavy (non-hydrogen) atoms. The number of nitrogens with one attached hydrogen (secondary N) is 2. The van der Waals surface area contributed by atoms with E-state index >= 15 is 0 Å². The molecule has 0 aromatic heterocycles. The SMILES string of the molecule is O=C([O-])C[N]1C(=O)C[NH][Pb]12[NH]CC(=O)[N]2CC(=O)[O-].[Na+].[Na+]. The first-order valence-corrected chi connectivity index (χ1v) is 12.7. The Labute approximate surface area is 170 Å². The van der Waals surface area contributed by atoms with Crippen molar-refractivity contribution in [2.24, 2.45) is 0 Å². The van der Waals surface area contributed by atoms with Crippen LogP contribution in [-0.2, 0) is 19.2 Å². The average molecular weight is 511 g/mol. The number of carboxylic acids is 2. The summed E-state index contributed by atoms with van der Waals surface area (Å²) >= 11 is -4.38. The molecule has 2 aliphatic heterocycles. The third-order valence-electron chi connectivity index (χ3n) is 2.93. The zero-order valence-corrected chi connectivity index (χ0v) is 19.6. The van der Waals surface area contributed by atoms with Gasteiger partial charge in [0.05, 0.1) is 0 Å². The summed E-state index contributed by atoms with van der Waals surface area (Å²) in [5.74, 6) is -3.91. The van der Waals surface area contributed by atoms with Gasteiger partial charge in [-0.25, -0.2) is 0 Å². The molecule has 13 heteroatoms. The molecule has 0 atom stereocenters. The second-order valence-corrected chi connectivity index (χ2v) is 16.3. The van der Waals surface area contributed by atoms with Gasteiger partial charge in [0.15, 0.2) is 0 Å². The van der Waals surface area contributed by atoms with E-state index in [-0.39, 0.29) is 72.2 Å². The number of hydrogen-bond acceptors (Lipinski definition) is 8. The summed E-state index contributed by atoms with van der Waals surface area (Å²) in [4.78, 5) is 44.8. The molecule has 104 valence electrons. The van der Waals surface area contributed by atoms with Crippen LogP contribution in [0.5, 0.6) is 0 Å². The molecule has 0 bridgehead atoms. The fourth-order valence-electron chi connectivity index (χ4n) is 2.20. The van der Waals surface area contributed by atoms with Crippen molar-refractivity contribution < 1.29 is 88.5 Å². The van der Waals surface area contributed by atoms with Crippen molar-refractivity contribution in [2.75, 3.05) is 26.2 Å². The molecule has 2 aliphatic rings. The Kier molecular flexibility index (Phi) is 8.83. The summed E-state index contributed by atoms with van der Waals surface area (Å²) in [6.07, 6.45) is 0. The van der Waals surface area contributed by atoms with Crippen LogP contribution in [0.3, 0.4) is 0 Å². The minimum absolute atomic E-state index is 0. The molecule has 0 unspecified atom stereocenters. The standard InChI is InChI=1S/2C4H7N2O3.2Na.Pb/c2*5-1-3(7)6-2-4(8)9;;;/h2*5H,1-2H2,(H2,6,7,8,9);;;/q2*-1;2*+1;+4/p-4. The minimum Gasteiger partial charge on any atom is 1.00 e. The van der Waals surface area contributed by atoms with E-state index in [0.29, 0.717) is 0 Å². The molecule has 2 N–H and O–H groups in total. The second kappa shape index (κ2) is 8.54. The number of carboxylic acid groups (broad SMARTS) is 2. The van der Waals surface area contributed by atoms with Gasteiger partial charge in [-0.05, 0) is 0 Å². The van der Waals surface area contributed by atoms with Crippen molar-refractivity contribution in [1.82, 2.24) is 11.7 Å². The van der Waals surface area contributed by atoms with Crippen LogP contribution in [0.1, 0.15) is 0 Å². The molecule has 2 rings (SSSR count). The van der Waals surface area contributed by atoms with Crippen LogP contribution >= 0.6 is 0 Å². The Morgan fingerprint density at radius 2 is 1.29 bits per heavy atom. The number of carbonyl (C=O) groups excluding carboxylic acids is 4. The van der Waals surface area contributed by atoms with Crippen molar-refractivity contribution in [3.8, 4) is 0 Å². The number of rotatable bonds is 4. The largest absolute Gasteiger partial charge is 1.00 e. The molecule has 2 heterocycles. The fourth-order valence-corrected chi connectivity index (χ4v) is 16.1. The monoisotopic (exact) mass is 512 g/mol. The molecule has 2 amide bonds. The summed E-state index contributed by atoms with van der Waals surface area (Å²) in [5.41, 5.74) is 0. The Bertz CT molecular complexity index is 436. The zero-order valence-electron chi connectivity index (χ0n) is 11.7. The van der Waals surface area contributed by atoms with Crippen LogP contribution in [0, 0.1) is 0 Å². The first-order valence-electron chi connectivity index (χ1n) is 5.37. The van der Waals surface area contributed by atoms with Gasteiger partial charge in [-0.1, -0.05) is 0 Å². The number of amides is 2. The molecular formula is C8H10N4Na2O6Pb. The van der Waals surface area contributed by atoms with E-state index in [1.165, 1.54) is 0 Å². The van der Waals surface area contributed by atoms with E-state index in [1.54, 1.807) is 0 Å². The summed E-state index contributed by atoms with van der Waals surface area (Å²) in [7, 11) is 0. The second-order valence-electron chi connectivity index (χ2n) is 4.08. The Morgan fingerprint density at radius 1 is 0.952 bits per heavy atom. The van der Waals surface area contributed by atoms with Crippen LogP contribution in [0.2, 0.25) is 0 Å². The summed E-state index contributed by atoms with van der Waals surface area (Å²) in [6.45, 7) is -1.59. The number of nitrogens with zero attached hydrogens (tertiary/aromatic N) is 2. The molecule has 0 aromatic rings. The number of aliphatic carboxylic acids is 2. The van der Waals surface area contributed by atoms with Gasteiger partial charge in [0.1, 0.15) is 0 Å². The first kappa shape index (κ1) is 21.7. The van der Waals surface area contributed by atoms with Crippen molar-refractivity contribution in [3.63, 3.8) is 0 Å². The maximum absolute atomic E-state index is 11.7. The quantitative estimate of drug-likeness (QED) is 0.354. The van der Waals surface area contributed by atoms with Crippen molar-refractivity contribution >= 4 is 46.1 Å². The Balaban J connectivity index is 0.00000200. The average Bonchev–Trinajstić information content (AvgIpc) is 2.77. The first-order chi connectivity index (χ1) is 8.86. The van der Waals surface area contributed by atoms with Gasteiger partial charge in [0.25, 0.3) is 0 Å². The maximum atomic E-state index is 11.7. The molecule has 10 nitrogen and oxygen atoms in total. The van der Waals surface area contributed by atoms with Gasteiger partial charge in [0.2, 0.25) is 0 Å². The van der Waals surface area contributed by atoms with Crippen LogP contribution in [0.25, 0.3) is 0 Å². The smallest absolute Gasteiger partial charge is 1.00 e. The van der Waals surface area contributed by atoms with Crippen molar-refractivity contribution in [2.45, 2.75) is 0 Å². The van der Waals surface area contributed by atoms with E-state index in [9.17, 15) is 29.4 Å². The molecule has 2 fully saturated rings. The van der Waals surface area contributed by atoms with Gasteiger partial charge in [-0.3, -0.25) is 0 Å². The maximum Gasteiger partial charge on any atom is 1.00 e. The third-order valence-corrected chi connectivity index (χ3v) is 17.4. The number of hydrogen-bond donors (Lipinski definition) is 2. The van der Waals surface area contributed by atoms with E-state index in [4.69, 9.17) is 0 Å². The predicted molar refractivity (Wildman–Crippen MR) is 55.2 cm³/mol. The van der Waals surface area contributed by atoms with Crippen LogP contribution in [0.15, 0.2) is 0 Å². The fraction of sp³-hybridized carbons (Fsp3) is 0.500. The van der Waals surface area contributed by atoms with Gasteiger partial charge in [-0.15, -0.1) is 0 Å². The van der Waals surface area contributed by atoms with Gasteiger partial charge in [-0.2, -0.15) is 0 Å². The van der Waals surface area contributed by atoms with E-state index < -0.39 is 59.2 Å². The number of carbonyl (C=O) groups is 4. The molecule has 2 saturated heterocycles. The van der Waals surface area contributed by atoms with Crippen LogP contribution in [-0.4, -0.2) is 77.7 Å². The van der Waals surface area contributed by atoms with Crippen LogP contribution in [0.4, 0.5) is 0 Å². The predicted octanol–water partition coefficient (Wildman–Crippen LogP) is -12.2. The molecule has 0 saturated carbocycles. The van der Waals surface area contributed by atoms with Gasteiger partial charge >= 0.3 is 172 Å². The van der Waals surface area contributed by atoms with Crippen LogP contribution < -0.4 is 75.6 Å². The Hall–Kier alpha value is 0.722. The summed E-state index contributed by atoms with van der Waals surface area (Å²) < 4.78 is 7.74.